The lowest BCUT2D eigenvalue weighted by atomic mass is 9.89. The summed E-state index contributed by atoms with van der Waals surface area (Å²) in [5.41, 5.74) is 1.58. The topological polar surface area (TPSA) is 30.5 Å². The van der Waals surface area contributed by atoms with Crippen LogP contribution < -0.4 is 14.8 Å². The molecule has 0 amide bonds. The highest BCUT2D eigenvalue weighted by atomic mass is 35.5. The Balaban J connectivity index is 1.97. The zero-order chi connectivity index (χ0) is 14.6. The van der Waals surface area contributed by atoms with Crippen molar-refractivity contribution in [3.8, 4) is 11.5 Å². The number of benzene rings is 1. The molecule has 0 radical (unpaired) electrons. The lowest BCUT2D eigenvalue weighted by Crippen LogP contribution is -2.29. The van der Waals surface area contributed by atoms with E-state index < -0.39 is 0 Å². The van der Waals surface area contributed by atoms with E-state index >= 15 is 0 Å². The minimum Gasteiger partial charge on any atom is -0.493 e. The Morgan fingerprint density at radius 3 is 2.50 bits per heavy atom. The van der Waals surface area contributed by atoms with E-state index in [4.69, 9.17) is 21.1 Å². The van der Waals surface area contributed by atoms with Gasteiger partial charge < -0.3 is 14.8 Å². The summed E-state index contributed by atoms with van der Waals surface area (Å²) >= 11 is 6.21. The maximum Gasteiger partial charge on any atom is 0.179 e. The maximum absolute atomic E-state index is 6.21. The molecule has 0 bridgehead atoms. The van der Waals surface area contributed by atoms with Gasteiger partial charge in [0.15, 0.2) is 11.5 Å². The van der Waals surface area contributed by atoms with Crippen molar-refractivity contribution in [2.24, 2.45) is 5.41 Å². The molecule has 0 atom stereocenters. The summed E-state index contributed by atoms with van der Waals surface area (Å²) in [6.45, 7) is 4.23. The summed E-state index contributed by atoms with van der Waals surface area (Å²) in [5.74, 6) is 1.28. The lowest BCUT2D eigenvalue weighted by Gasteiger charge is -2.24. The molecule has 1 saturated carbocycles. The molecule has 0 unspecified atom stereocenters. The molecule has 0 aromatic heterocycles. The van der Waals surface area contributed by atoms with Gasteiger partial charge in [0, 0.05) is 13.1 Å². The molecule has 0 heterocycles. The Labute approximate surface area is 126 Å². The van der Waals surface area contributed by atoms with E-state index in [-0.39, 0.29) is 0 Å². The number of methoxy groups -OCH3 is 2. The molecule has 1 fully saturated rings. The van der Waals surface area contributed by atoms with E-state index in [0.717, 1.165) is 18.7 Å². The van der Waals surface area contributed by atoms with Gasteiger partial charge in [-0.05, 0) is 36.0 Å². The summed E-state index contributed by atoms with van der Waals surface area (Å²) in [6.07, 6.45) is 5.38. The highest BCUT2D eigenvalue weighted by molar-refractivity contribution is 6.32. The first-order valence-corrected chi connectivity index (χ1v) is 7.57. The summed E-state index contributed by atoms with van der Waals surface area (Å²) in [4.78, 5) is 0. The van der Waals surface area contributed by atoms with E-state index in [0.29, 0.717) is 21.9 Å². The van der Waals surface area contributed by atoms with Gasteiger partial charge in [0.2, 0.25) is 0 Å². The predicted molar refractivity (Wildman–Crippen MR) is 82.8 cm³/mol. The van der Waals surface area contributed by atoms with Gasteiger partial charge in [-0.1, -0.05) is 31.4 Å². The van der Waals surface area contributed by atoms with Gasteiger partial charge in [-0.3, -0.25) is 0 Å². The maximum atomic E-state index is 6.21. The van der Waals surface area contributed by atoms with E-state index in [1.165, 1.54) is 25.7 Å². The highest BCUT2D eigenvalue weighted by Crippen LogP contribution is 2.37. The van der Waals surface area contributed by atoms with Gasteiger partial charge in [-0.2, -0.15) is 0 Å². The van der Waals surface area contributed by atoms with Gasteiger partial charge in [0.25, 0.3) is 0 Å². The third-order valence-electron chi connectivity index (χ3n) is 4.18. The Morgan fingerprint density at radius 1 is 1.20 bits per heavy atom. The van der Waals surface area contributed by atoms with Crippen LogP contribution in [0.3, 0.4) is 0 Å². The second-order valence-corrected chi connectivity index (χ2v) is 6.34. The van der Waals surface area contributed by atoms with Crippen LogP contribution >= 0.6 is 11.6 Å². The molecule has 112 valence electrons. The third-order valence-corrected chi connectivity index (χ3v) is 4.47. The summed E-state index contributed by atoms with van der Waals surface area (Å²) in [5, 5.41) is 4.14. The summed E-state index contributed by atoms with van der Waals surface area (Å²) in [7, 11) is 3.23. The number of rotatable bonds is 6. The van der Waals surface area contributed by atoms with Gasteiger partial charge in [0.1, 0.15) is 0 Å². The Kier molecular flexibility index (Phi) is 5.17. The first-order chi connectivity index (χ1) is 9.58. The Morgan fingerprint density at radius 2 is 1.90 bits per heavy atom. The van der Waals surface area contributed by atoms with Crippen LogP contribution in [-0.2, 0) is 6.54 Å². The van der Waals surface area contributed by atoms with Gasteiger partial charge in [0.05, 0.1) is 19.2 Å². The molecular weight excluding hydrogens is 274 g/mol. The number of hydrogen-bond donors (Lipinski definition) is 1. The van der Waals surface area contributed by atoms with Crippen molar-refractivity contribution in [1.82, 2.24) is 5.32 Å². The van der Waals surface area contributed by atoms with Crippen molar-refractivity contribution in [2.45, 2.75) is 39.2 Å². The molecule has 1 aliphatic carbocycles. The molecular formula is C16H24ClNO2. The van der Waals surface area contributed by atoms with E-state index in [2.05, 4.69) is 12.2 Å². The monoisotopic (exact) mass is 297 g/mol. The summed E-state index contributed by atoms with van der Waals surface area (Å²) in [6, 6.07) is 3.92. The zero-order valence-electron chi connectivity index (χ0n) is 12.6. The van der Waals surface area contributed by atoms with Crippen molar-refractivity contribution in [3.05, 3.63) is 22.7 Å². The van der Waals surface area contributed by atoms with Gasteiger partial charge in [-0.15, -0.1) is 0 Å². The molecule has 0 spiro atoms. The molecule has 0 saturated heterocycles. The average molecular weight is 298 g/mol. The van der Waals surface area contributed by atoms with Crippen LogP contribution in [0.15, 0.2) is 12.1 Å². The average Bonchev–Trinajstić information content (AvgIpc) is 2.85. The number of ether oxygens (including phenoxy) is 2. The molecule has 0 aliphatic heterocycles. The number of nitrogens with one attached hydrogen (secondary N) is 1. The molecule has 1 aliphatic rings. The molecule has 2 rings (SSSR count). The first-order valence-electron chi connectivity index (χ1n) is 7.19. The quantitative estimate of drug-likeness (QED) is 0.860. The van der Waals surface area contributed by atoms with Crippen LogP contribution in [-0.4, -0.2) is 20.8 Å². The number of halogens is 1. The van der Waals surface area contributed by atoms with Crippen LogP contribution in [0.1, 0.15) is 38.2 Å². The standard InChI is InChI=1S/C16H24ClNO2/c1-16(6-4-5-7-16)11-18-10-12-8-13(17)15(20-3)14(9-12)19-2/h8-9,18H,4-7,10-11H2,1-3H3. The molecule has 20 heavy (non-hydrogen) atoms. The minimum atomic E-state index is 0.459. The van der Waals surface area contributed by atoms with Gasteiger partial charge in [-0.25, -0.2) is 0 Å². The fourth-order valence-corrected chi connectivity index (χ4v) is 3.30. The smallest absolute Gasteiger partial charge is 0.179 e. The molecule has 3 nitrogen and oxygen atoms in total. The lowest BCUT2D eigenvalue weighted by molar-refractivity contribution is 0.314. The molecule has 1 N–H and O–H groups in total. The van der Waals surface area contributed by atoms with Crippen LogP contribution in [0.5, 0.6) is 11.5 Å². The largest absolute Gasteiger partial charge is 0.493 e. The van der Waals surface area contributed by atoms with Crippen molar-refractivity contribution in [1.29, 1.82) is 0 Å². The first kappa shape index (κ1) is 15.5. The van der Waals surface area contributed by atoms with Crippen LogP contribution in [0.4, 0.5) is 0 Å². The zero-order valence-corrected chi connectivity index (χ0v) is 13.3. The molecule has 1 aromatic carbocycles. The second kappa shape index (κ2) is 6.68. The van der Waals surface area contributed by atoms with Crippen LogP contribution in [0.25, 0.3) is 0 Å². The van der Waals surface area contributed by atoms with Crippen molar-refractivity contribution in [2.75, 3.05) is 20.8 Å². The second-order valence-electron chi connectivity index (χ2n) is 5.93. The van der Waals surface area contributed by atoms with Gasteiger partial charge >= 0.3 is 0 Å². The highest BCUT2D eigenvalue weighted by Gasteiger charge is 2.27. The van der Waals surface area contributed by atoms with E-state index in [9.17, 15) is 0 Å². The third kappa shape index (κ3) is 3.58. The van der Waals surface area contributed by atoms with E-state index in [1.54, 1.807) is 14.2 Å². The SMILES string of the molecule is COc1cc(CNCC2(C)CCCC2)cc(Cl)c1OC. The Bertz CT molecular complexity index is 456. The molecule has 4 heteroatoms. The minimum absolute atomic E-state index is 0.459. The van der Waals surface area contributed by atoms with Crippen LogP contribution in [0, 0.1) is 5.41 Å². The predicted octanol–water partition coefficient (Wildman–Crippen LogP) is 4.03. The van der Waals surface area contributed by atoms with Crippen molar-refractivity contribution >= 4 is 11.6 Å². The van der Waals surface area contributed by atoms with Crippen LogP contribution in [0.2, 0.25) is 5.02 Å². The van der Waals surface area contributed by atoms with E-state index in [1.807, 2.05) is 12.1 Å². The fourth-order valence-electron chi connectivity index (χ4n) is 2.99. The molecule has 1 aromatic rings. The van der Waals surface area contributed by atoms with Crippen molar-refractivity contribution in [3.63, 3.8) is 0 Å². The summed E-state index contributed by atoms with van der Waals surface area (Å²) < 4.78 is 10.6. The normalized spacial score (nSPS) is 17.2. The van der Waals surface area contributed by atoms with Crippen molar-refractivity contribution < 1.29 is 9.47 Å². The number of hydrogen-bond acceptors (Lipinski definition) is 3. The fraction of sp³-hybridized carbons (Fsp3) is 0.625. The Hall–Kier alpha value is -0.930.